The van der Waals surface area contributed by atoms with E-state index in [9.17, 15) is 9.59 Å². The molecule has 0 fully saturated rings. The van der Waals surface area contributed by atoms with Gasteiger partial charge in [0.25, 0.3) is 5.91 Å². The number of halogens is 1. The maximum Gasteiger partial charge on any atom is 0.413 e. The predicted octanol–water partition coefficient (Wildman–Crippen LogP) is 2.68. The van der Waals surface area contributed by atoms with Gasteiger partial charge in [-0.3, -0.25) is 15.1 Å². The minimum absolute atomic E-state index is 0.0691. The minimum atomic E-state index is -0.552. The number of anilines is 1. The molecule has 7 nitrogen and oxygen atoms in total. The van der Waals surface area contributed by atoms with Crippen LogP contribution in [0.1, 0.15) is 20.9 Å². The van der Waals surface area contributed by atoms with Crippen LogP contribution in [-0.4, -0.2) is 40.5 Å². The lowest BCUT2D eigenvalue weighted by Gasteiger charge is -2.26. The Morgan fingerprint density at radius 2 is 2.26 bits per heavy atom. The molecule has 1 aliphatic heterocycles. The number of hydrogen-bond donors (Lipinski definition) is 1. The Hall–Kier alpha value is -2.00. The molecule has 3 heterocycles. The number of fused-ring (bicyclic) bond motifs is 1. The summed E-state index contributed by atoms with van der Waals surface area (Å²) < 4.78 is 5.32. The summed E-state index contributed by atoms with van der Waals surface area (Å²) >= 11 is 4.68. The highest BCUT2D eigenvalue weighted by Gasteiger charge is 2.25. The molecule has 0 aromatic carbocycles. The molecule has 2 aromatic rings. The zero-order valence-corrected chi connectivity index (χ0v) is 14.6. The van der Waals surface area contributed by atoms with E-state index in [1.807, 2.05) is 0 Å². The lowest BCUT2D eigenvalue weighted by atomic mass is 10.1. The van der Waals surface area contributed by atoms with Crippen LogP contribution in [0.2, 0.25) is 0 Å². The Balaban J connectivity index is 1.75. The summed E-state index contributed by atoms with van der Waals surface area (Å²) in [6, 6.07) is 1.75. The number of pyridine rings is 1. The van der Waals surface area contributed by atoms with Gasteiger partial charge < -0.3 is 9.64 Å². The second-order valence-electron chi connectivity index (χ2n) is 4.87. The van der Waals surface area contributed by atoms with Crippen molar-refractivity contribution in [2.75, 3.05) is 19.0 Å². The molecule has 0 spiro atoms. The third kappa shape index (κ3) is 3.50. The average molecular weight is 397 g/mol. The maximum absolute atomic E-state index is 12.6. The number of aromatic nitrogens is 2. The van der Waals surface area contributed by atoms with Gasteiger partial charge >= 0.3 is 6.09 Å². The second kappa shape index (κ2) is 6.63. The minimum Gasteiger partial charge on any atom is -0.453 e. The largest absolute Gasteiger partial charge is 0.453 e. The van der Waals surface area contributed by atoms with Crippen LogP contribution < -0.4 is 5.32 Å². The number of thiazole rings is 1. The van der Waals surface area contributed by atoms with E-state index in [0.717, 1.165) is 15.0 Å². The molecule has 0 saturated carbocycles. The number of amides is 2. The number of nitrogens with zero attached hydrogens (tertiary/aromatic N) is 3. The zero-order chi connectivity index (χ0) is 16.4. The first-order valence-electron chi connectivity index (χ1n) is 6.80. The van der Waals surface area contributed by atoms with Crippen molar-refractivity contribution in [1.82, 2.24) is 14.9 Å². The first-order valence-corrected chi connectivity index (χ1v) is 8.41. The normalized spacial score (nSPS) is 13.4. The molecule has 0 unspecified atom stereocenters. The van der Waals surface area contributed by atoms with Crippen LogP contribution in [0.25, 0.3) is 0 Å². The Bertz CT molecular complexity index is 764. The summed E-state index contributed by atoms with van der Waals surface area (Å²) in [5, 5.41) is 3.04. The Morgan fingerprint density at radius 1 is 1.43 bits per heavy atom. The predicted molar refractivity (Wildman–Crippen MR) is 88.5 cm³/mol. The number of rotatable bonds is 2. The van der Waals surface area contributed by atoms with E-state index < -0.39 is 6.09 Å². The molecular weight excluding hydrogens is 384 g/mol. The number of carbonyl (C=O) groups excluding carboxylic acids is 2. The van der Waals surface area contributed by atoms with Crippen LogP contribution in [-0.2, 0) is 17.7 Å². The highest BCUT2D eigenvalue weighted by Crippen LogP contribution is 2.29. The number of nitrogens with one attached hydrogen (secondary N) is 1. The van der Waals surface area contributed by atoms with Crippen molar-refractivity contribution >= 4 is 44.4 Å². The van der Waals surface area contributed by atoms with Crippen LogP contribution in [0, 0.1) is 0 Å². The van der Waals surface area contributed by atoms with Crippen molar-refractivity contribution in [3.05, 3.63) is 39.1 Å². The molecule has 0 aliphatic carbocycles. The monoisotopic (exact) mass is 396 g/mol. The summed E-state index contributed by atoms with van der Waals surface area (Å²) in [6.45, 7) is 1.06. The summed E-state index contributed by atoms with van der Waals surface area (Å²) in [6.07, 6.45) is 3.30. The summed E-state index contributed by atoms with van der Waals surface area (Å²) in [5.74, 6) is -0.0691. The highest BCUT2D eigenvalue weighted by molar-refractivity contribution is 9.10. The summed E-state index contributed by atoms with van der Waals surface area (Å²) in [5.41, 5.74) is 1.46. The molecule has 1 N–H and O–H groups in total. The van der Waals surface area contributed by atoms with Crippen LogP contribution in [0.3, 0.4) is 0 Å². The zero-order valence-electron chi connectivity index (χ0n) is 12.2. The van der Waals surface area contributed by atoms with Gasteiger partial charge in [-0.1, -0.05) is 11.3 Å². The van der Waals surface area contributed by atoms with Crippen LogP contribution in [0.4, 0.5) is 9.93 Å². The van der Waals surface area contributed by atoms with E-state index in [4.69, 9.17) is 0 Å². The first kappa shape index (κ1) is 15.9. The lowest BCUT2D eigenvalue weighted by molar-refractivity contribution is 0.0735. The van der Waals surface area contributed by atoms with Crippen molar-refractivity contribution < 1.29 is 14.3 Å². The van der Waals surface area contributed by atoms with E-state index in [1.54, 1.807) is 23.4 Å². The molecule has 120 valence electrons. The average Bonchev–Trinajstić information content (AvgIpc) is 2.95. The van der Waals surface area contributed by atoms with E-state index in [-0.39, 0.29) is 5.91 Å². The fourth-order valence-corrected chi connectivity index (χ4v) is 3.65. The molecule has 3 rings (SSSR count). The smallest absolute Gasteiger partial charge is 0.413 e. The third-order valence-corrected chi connectivity index (χ3v) is 4.80. The molecule has 9 heteroatoms. The van der Waals surface area contributed by atoms with E-state index in [1.165, 1.54) is 18.4 Å². The fraction of sp³-hybridized carbons (Fsp3) is 0.286. The molecule has 0 atom stereocenters. The summed E-state index contributed by atoms with van der Waals surface area (Å²) in [7, 11) is 1.30. The van der Waals surface area contributed by atoms with Crippen molar-refractivity contribution in [2.24, 2.45) is 0 Å². The third-order valence-electron chi connectivity index (χ3n) is 3.36. The van der Waals surface area contributed by atoms with E-state index >= 15 is 0 Å². The molecule has 0 saturated heterocycles. The second-order valence-corrected chi connectivity index (χ2v) is 6.87. The van der Waals surface area contributed by atoms with Gasteiger partial charge in [0.2, 0.25) is 0 Å². The van der Waals surface area contributed by atoms with Gasteiger partial charge in [-0.2, -0.15) is 0 Å². The van der Waals surface area contributed by atoms with Crippen molar-refractivity contribution in [3.63, 3.8) is 0 Å². The number of hydrogen-bond acceptors (Lipinski definition) is 6. The van der Waals surface area contributed by atoms with Gasteiger partial charge in [0.15, 0.2) is 5.13 Å². The van der Waals surface area contributed by atoms with Gasteiger partial charge in [0.1, 0.15) is 0 Å². The fourth-order valence-electron chi connectivity index (χ4n) is 2.27. The van der Waals surface area contributed by atoms with Crippen molar-refractivity contribution in [1.29, 1.82) is 0 Å². The van der Waals surface area contributed by atoms with Gasteiger partial charge in [0, 0.05) is 34.7 Å². The Kier molecular flexibility index (Phi) is 4.58. The van der Waals surface area contributed by atoms with Crippen molar-refractivity contribution in [2.45, 2.75) is 13.0 Å². The topological polar surface area (TPSA) is 84.4 Å². The molecule has 0 radical (unpaired) electrons. The Labute approximate surface area is 144 Å². The van der Waals surface area contributed by atoms with E-state index in [2.05, 4.69) is 36.0 Å². The molecule has 23 heavy (non-hydrogen) atoms. The number of carbonyl (C=O) groups is 2. The standard InChI is InChI=1S/C14H13BrN4O3S/c1-22-14(21)18-13-17-10-2-3-19(7-11(10)23-13)12(20)8-4-9(15)6-16-5-8/h4-6H,2-3,7H2,1H3,(H,17,18,21). The molecule has 1 aliphatic rings. The number of ether oxygens (including phenoxy) is 1. The summed E-state index contributed by atoms with van der Waals surface area (Å²) in [4.78, 5) is 34.9. The number of methoxy groups -OCH3 is 1. The first-order chi connectivity index (χ1) is 11.1. The van der Waals surface area contributed by atoms with Crippen molar-refractivity contribution in [3.8, 4) is 0 Å². The maximum atomic E-state index is 12.6. The van der Waals surface area contributed by atoms with Gasteiger partial charge in [-0.15, -0.1) is 0 Å². The molecule has 0 bridgehead atoms. The SMILES string of the molecule is COC(=O)Nc1nc2c(s1)CN(C(=O)c1cncc(Br)c1)CC2. The molecular formula is C14H13BrN4O3S. The molecule has 2 amide bonds. The van der Waals surface area contributed by atoms with Gasteiger partial charge in [0.05, 0.1) is 24.9 Å². The molecule has 2 aromatic heterocycles. The van der Waals surface area contributed by atoms with Gasteiger partial charge in [-0.05, 0) is 22.0 Å². The lowest BCUT2D eigenvalue weighted by Crippen LogP contribution is -2.35. The Morgan fingerprint density at radius 3 is 3.00 bits per heavy atom. The van der Waals surface area contributed by atoms with E-state index in [0.29, 0.717) is 30.2 Å². The van der Waals surface area contributed by atoms with Crippen LogP contribution in [0.5, 0.6) is 0 Å². The van der Waals surface area contributed by atoms with Crippen LogP contribution in [0.15, 0.2) is 22.9 Å². The quantitative estimate of drug-likeness (QED) is 0.843. The highest BCUT2D eigenvalue weighted by atomic mass is 79.9. The van der Waals surface area contributed by atoms with Crippen LogP contribution >= 0.6 is 27.3 Å². The van der Waals surface area contributed by atoms with Gasteiger partial charge in [-0.25, -0.2) is 9.78 Å².